The Morgan fingerprint density at radius 3 is 2.36 bits per heavy atom. The summed E-state index contributed by atoms with van der Waals surface area (Å²) in [7, 11) is 7.42. The van der Waals surface area contributed by atoms with Crippen LogP contribution in [-0.2, 0) is 11.0 Å². The van der Waals surface area contributed by atoms with Gasteiger partial charge in [-0.1, -0.05) is 18.7 Å². The zero-order valence-electron chi connectivity index (χ0n) is 24.8. The van der Waals surface area contributed by atoms with Crippen molar-refractivity contribution in [1.82, 2.24) is 14.9 Å². The monoisotopic (exact) mass is 606 g/mol. The molecule has 0 aliphatic heterocycles. The number of alkyl halides is 3. The van der Waals surface area contributed by atoms with E-state index in [1.807, 2.05) is 32.1 Å². The van der Waals surface area contributed by atoms with E-state index < -0.39 is 11.7 Å². The number of para-hydroxylation sites is 1. The number of amides is 1. The van der Waals surface area contributed by atoms with Gasteiger partial charge in [0.05, 0.1) is 35.4 Å². The molecule has 0 aliphatic carbocycles. The predicted octanol–water partition coefficient (Wildman–Crippen LogP) is 6.83. The van der Waals surface area contributed by atoms with Crippen molar-refractivity contribution in [3.63, 3.8) is 0 Å². The summed E-state index contributed by atoms with van der Waals surface area (Å²) in [6.45, 7) is 5.04. The van der Waals surface area contributed by atoms with Gasteiger partial charge in [-0.05, 0) is 68.7 Å². The van der Waals surface area contributed by atoms with E-state index in [2.05, 4.69) is 32.1 Å². The minimum absolute atomic E-state index is 0.236. The molecule has 4 aromatic rings. The fourth-order valence-corrected chi connectivity index (χ4v) is 4.20. The quantitative estimate of drug-likeness (QED) is 0.170. The lowest BCUT2D eigenvalue weighted by atomic mass is 10.1. The molecule has 4 rings (SSSR count). The molecule has 1 aromatic heterocycles. The van der Waals surface area contributed by atoms with Crippen LogP contribution in [0.2, 0.25) is 0 Å². The van der Waals surface area contributed by atoms with Crippen molar-refractivity contribution >= 4 is 28.9 Å². The summed E-state index contributed by atoms with van der Waals surface area (Å²) in [6, 6.07) is 16.7. The van der Waals surface area contributed by atoms with Crippen LogP contribution in [0.5, 0.6) is 17.2 Å². The highest BCUT2D eigenvalue weighted by atomic mass is 19.4. The van der Waals surface area contributed by atoms with Gasteiger partial charge in [0, 0.05) is 38.0 Å². The van der Waals surface area contributed by atoms with Gasteiger partial charge in [-0.25, -0.2) is 9.97 Å². The molecular formula is C32H33F3N6O3. The normalized spacial score (nSPS) is 11.2. The minimum Gasteiger partial charge on any atom is -0.494 e. The highest BCUT2D eigenvalue weighted by molar-refractivity contribution is 6.02. The number of anilines is 4. The number of benzene rings is 3. The summed E-state index contributed by atoms with van der Waals surface area (Å²) in [5.41, 5.74) is 2.12. The van der Waals surface area contributed by atoms with Gasteiger partial charge in [0.2, 0.25) is 11.9 Å². The fraction of sp³-hybridized carbons (Fsp3) is 0.219. The number of ether oxygens (including phenoxy) is 2. The Labute approximate surface area is 254 Å². The summed E-state index contributed by atoms with van der Waals surface area (Å²) in [5, 5.41) is 6.03. The van der Waals surface area contributed by atoms with Crippen LogP contribution in [-0.4, -0.2) is 62.1 Å². The zero-order chi connectivity index (χ0) is 31.9. The molecule has 230 valence electrons. The van der Waals surface area contributed by atoms with E-state index >= 15 is 0 Å². The molecule has 12 heteroatoms. The van der Waals surface area contributed by atoms with Crippen LogP contribution >= 0.6 is 0 Å². The van der Waals surface area contributed by atoms with E-state index in [9.17, 15) is 18.0 Å². The minimum atomic E-state index is -4.44. The standard InChI is InChI=1S/C32H33F3N6O3/c1-6-30(42)37-25-19-26(29(43-5)20-27(25)41(4)18-17-40(2)3)39-31-36-16-15-24(38-31)23-9-7-8-10-28(23)44-22-13-11-21(12-14-22)32(33,34)35/h6-16,19-20H,1,17-18H2,2-5H3,(H,37,42)(H,36,38,39). The molecule has 0 spiro atoms. The molecule has 0 bridgehead atoms. The number of hydrogen-bond acceptors (Lipinski definition) is 8. The third kappa shape index (κ3) is 8.04. The average Bonchev–Trinajstić information content (AvgIpc) is 3.00. The molecule has 3 aromatic carbocycles. The van der Waals surface area contributed by atoms with Gasteiger partial charge in [-0.3, -0.25) is 4.79 Å². The number of methoxy groups -OCH3 is 1. The molecule has 0 aliphatic rings. The van der Waals surface area contributed by atoms with Crippen LogP contribution in [0.3, 0.4) is 0 Å². The molecule has 0 saturated carbocycles. The molecule has 0 fully saturated rings. The number of nitrogens with one attached hydrogen (secondary N) is 2. The van der Waals surface area contributed by atoms with Gasteiger partial charge < -0.3 is 29.9 Å². The van der Waals surface area contributed by atoms with Crippen molar-refractivity contribution in [2.45, 2.75) is 6.18 Å². The number of nitrogens with zero attached hydrogens (tertiary/aromatic N) is 4. The number of carbonyl (C=O) groups excluding carboxylic acids is 1. The average molecular weight is 607 g/mol. The van der Waals surface area contributed by atoms with E-state index in [4.69, 9.17) is 9.47 Å². The number of halogens is 3. The number of carbonyl (C=O) groups is 1. The Balaban J connectivity index is 1.64. The fourth-order valence-electron chi connectivity index (χ4n) is 4.20. The van der Waals surface area contributed by atoms with Crippen molar-refractivity contribution in [2.24, 2.45) is 0 Å². The first-order valence-electron chi connectivity index (χ1n) is 13.5. The number of hydrogen-bond donors (Lipinski definition) is 2. The van der Waals surface area contributed by atoms with Crippen molar-refractivity contribution in [2.75, 3.05) is 56.9 Å². The molecule has 9 nitrogen and oxygen atoms in total. The first kappa shape index (κ1) is 31.8. The molecule has 44 heavy (non-hydrogen) atoms. The van der Waals surface area contributed by atoms with E-state index in [1.165, 1.54) is 25.3 Å². The van der Waals surface area contributed by atoms with Crippen molar-refractivity contribution < 1.29 is 27.4 Å². The molecule has 0 saturated heterocycles. The summed E-state index contributed by atoms with van der Waals surface area (Å²) in [6.07, 6.45) is -1.68. The first-order valence-corrected chi connectivity index (χ1v) is 13.5. The van der Waals surface area contributed by atoms with Gasteiger partial charge in [0.25, 0.3) is 0 Å². The Kier molecular flexibility index (Phi) is 10.1. The Morgan fingerprint density at radius 1 is 0.977 bits per heavy atom. The number of aromatic nitrogens is 2. The van der Waals surface area contributed by atoms with E-state index in [-0.39, 0.29) is 17.6 Å². The van der Waals surface area contributed by atoms with Gasteiger partial charge in [-0.15, -0.1) is 0 Å². The smallest absolute Gasteiger partial charge is 0.416 e. The molecule has 1 heterocycles. The summed E-state index contributed by atoms with van der Waals surface area (Å²) in [4.78, 5) is 25.3. The second kappa shape index (κ2) is 13.9. The van der Waals surface area contributed by atoms with Crippen molar-refractivity contribution in [3.8, 4) is 28.5 Å². The summed E-state index contributed by atoms with van der Waals surface area (Å²) >= 11 is 0. The SMILES string of the molecule is C=CC(=O)Nc1cc(Nc2nccc(-c3ccccc3Oc3ccc(C(F)(F)F)cc3)n2)c(OC)cc1N(C)CCN(C)C. The highest BCUT2D eigenvalue weighted by Crippen LogP contribution is 2.39. The maximum absolute atomic E-state index is 13.0. The summed E-state index contributed by atoms with van der Waals surface area (Å²) in [5.74, 6) is 1.00. The Hall–Kier alpha value is -5.10. The molecule has 1 amide bonds. The molecular weight excluding hydrogens is 573 g/mol. The highest BCUT2D eigenvalue weighted by Gasteiger charge is 2.30. The van der Waals surface area contributed by atoms with Gasteiger partial charge >= 0.3 is 6.18 Å². The van der Waals surface area contributed by atoms with Crippen LogP contribution in [0, 0.1) is 0 Å². The lowest BCUT2D eigenvalue weighted by molar-refractivity contribution is -0.137. The van der Waals surface area contributed by atoms with E-state index in [0.29, 0.717) is 40.7 Å². The lowest BCUT2D eigenvalue weighted by Gasteiger charge is -2.26. The van der Waals surface area contributed by atoms with Crippen LogP contribution in [0.25, 0.3) is 11.3 Å². The third-order valence-electron chi connectivity index (χ3n) is 6.53. The van der Waals surface area contributed by atoms with E-state index in [1.54, 1.807) is 42.6 Å². The zero-order valence-corrected chi connectivity index (χ0v) is 24.8. The first-order chi connectivity index (χ1) is 21.0. The van der Waals surface area contributed by atoms with Crippen LogP contribution in [0.4, 0.5) is 36.2 Å². The maximum Gasteiger partial charge on any atom is 0.416 e. The van der Waals surface area contributed by atoms with Gasteiger partial charge in [-0.2, -0.15) is 13.2 Å². The van der Waals surface area contributed by atoms with Gasteiger partial charge in [0.1, 0.15) is 17.2 Å². The number of rotatable bonds is 12. The van der Waals surface area contributed by atoms with Crippen LogP contribution < -0.4 is 25.0 Å². The largest absolute Gasteiger partial charge is 0.494 e. The Morgan fingerprint density at radius 2 is 1.70 bits per heavy atom. The van der Waals surface area contributed by atoms with Gasteiger partial charge in [0.15, 0.2) is 0 Å². The third-order valence-corrected chi connectivity index (χ3v) is 6.53. The molecule has 2 N–H and O–H groups in total. The predicted molar refractivity (Wildman–Crippen MR) is 166 cm³/mol. The van der Waals surface area contributed by atoms with Crippen molar-refractivity contribution in [1.29, 1.82) is 0 Å². The van der Waals surface area contributed by atoms with Crippen LogP contribution in [0.15, 0.2) is 85.6 Å². The second-order valence-electron chi connectivity index (χ2n) is 10.00. The second-order valence-corrected chi connectivity index (χ2v) is 10.00. The van der Waals surface area contributed by atoms with Crippen molar-refractivity contribution in [3.05, 3.63) is 91.1 Å². The lowest BCUT2D eigenvalue weighted by Crippen LogP contribution is -2.29. The Bertz CT molecular complexity index is 1610. The van der Waals surface area contributed by atoms with E-state index in [0.717, 1.165) is 24.4 Å². The molecule has 0 atom stereocenters. The van der Waals surface area contributed by atoms with Crippen LogP contribution in [0.1, 0.15) is 5.56 Å². The maximum atomic E-state index is 13.0. The topological polar surface area (TPSA) is 91.8 Å². The summed E-state index contributed by atoms with van der Waals surface area (Å²) < 4.78 is 50.6. The molecule has 0 radical (unpaired) electrons. The number of likely N-dealkylation sites (N-methyl/N-ethyl adjacent to an activating group) is 2. The molecule has 0 unspecified atom stereocenters.